The maximum absolute atomic E-state index is 13.0. The molecule has 1 fully saturated rings. The van der Waals surface area contributed by atoms with Gasteiger partial charge in [-0.3, -0.25) is 14.7 Å². The molecule has 0 aliphatic carbocycles. The van der Waals surface area contributed by atoms with Gasteiger partial charge in [-0.15, -0.1) is 0 Å². The molecule has 1 aliphatic heterocycles. The molecule has 1 aliphatic rings. The van der Waals surface area contributed by atoms with E-state index in [9.17, 15) is 4.79 Å². The van der Waals surface area contributed by atoms with Crippen LogP contribution < -0.4 is 5.32 Å². The molecule has 0 radical (unpaired) electrons. The standard InChI is InChI=1S/C20H25N3O2/c1-15-5-6-16(2)18(12-15)14-22-20(24)19(17-4-3-7-21-13-17)23-8-10-25-11-9-23/h3-7,12-13,19H,8-11,14H2,1-2H3,(H,22,24)/t19-/m0/s1. The van der Waals surface area contributed by atoms with Gasteiger partial charge < -0.3 is 10.1 Å². The maximum Gasteiger partial charge on any atom is 0.242 e. The number of amides is 1. The second kappa shape index (κ2) is 8.23. The molecule has 1 atom stereocenters. The molecule has 3 rings (SSSR count). The van der Waals surface area contributed by atoms with Crippen molar-refractivity contribution >= 4 is 5.91 Å². The quantitative estimate of drug-likeness (QED) is 0.909. The first-order valence-electron chi connectivity index (χ1n) is 8.71. The van der Waals surface area contributed by atoms with Crippen LogP contribution in [0.4, 0.5) is 0 Å². The van der Waals surface area contributed by atoms with Gasteiger partial charge in [-0.1, -0.05) is 29.8 Å². The van der Waals surface area contributed by atoms with E-state index < -0.39 is 0 Å². The molecule has 5 heteroatoms. The van der Waals surface area contributed by atoms with Crippen LogP contribution in [0.15, 0.2) is 42.7 Å². The molecular formula is C20H25N3O2. The van der Waals surface area contributed by atoms with Crippen LogP contribution in [0.25, 0.3) is 0 Å². The summed E-state index contributed by atoms with van der Waals surface area (Å²) in [6, 6.07) is 9.82. The van der Waals surface area contributed by atoms with Crippen molar-refractivity contribution in [1.82, 2.24) is 15.2 Å². The van der Waals surface area contributed by atoms with Crippen molar-refractivity contribution in [3.05, 3.63) is 65.0 Å². The van der Waals surface area contributed by atoms with Gasteiger partial charge in [-0.2, -0.15) is 0 Å². The molecule has 0 unspecified atom stereocenters. The van der Waals surface area contributed by atoms with Crippen molar-refractivity contribution in [3.63, 3.8) is 0 Å². The summed E-state index contributed by atoms with van der Waals surface area (Å²) in [6.45, 7) is 7.47. The van der Waals surface area contributed by atoms with E-state index in [1.165, 1.54) is 11.1 Å². The van der Waals surface area contributed by atoms with Gasteiger partial charge in [0.2, 0.25) is 5.91 Å². The zero-order valence-electron chi connectivity index (χ0n) is 14.9. The van der Waals surface area contributed by atoms with Crippen LogP contribution in [0.2, 0.25) is 0 Å². The van der Waals surface area contributed by atoms with Crippen LogP contribution in [0.5, 0.6) is 0 Å². The van der Waals surface area contributed by atoms with E-state index in [2.05, 4.69) is 47.2 Å². The van der Waals surface area contributed by atoms with Crippen LogP contribution in [-0.2, 0) is 16.1 Å². The summed E-state index contributed by atoms with van der Waals surface area (Å²) in [5.41, 5.74) is 4.46. The lowest BCUT2D eigenvalue weighted by Gasteiger charge is -2.33. The molecular weight excluding hydrogens is 314 g/mol. The highest BCUT2D eigenvalue weighted by Crippen LogP contribution is 2.22. The molecule has 5 nitrogen and oxygen atoms in total. The monoisotopic (exact) mass is 339 g/mol. The van der Waals surface area contributed by atoms with E-state index in [1.807, 2.05) is 12.1 Å². The highest BCUT2D eigenvalue weighted by molar-refractivity contribution is 5.83. The van der Waals surface area contributed by atoms with Gasteiger partial charge in [-0.25, -0.2) is 0 Å². The Morgan fingerprint density at radius 2 is 2.08 bits per heavy atom. The van der Waals surface area contributed by atoms with E-state index in [1.54, 1.807) is 12.4 Å². The Bertz CT molecular complexity index is 712. The Kier molecular flexibility index (Phi) is 5.79. The highest BCUT2D eigenvalue weighted by Gasteiger charge is 2.29. The summed E-state index contributed by atoms with van der Waals surface area (Å²) >= 11 is 0. The molecule has 0 saturated carbocycles. The predicted octanol–water partition coefficient (Wildman–Crippen LogP) is 2.39. The Hall–Kier alpha value is -2.24. The van der Waals surface area contributed by atoms with E-state index in [0.29, 0.717) is 19.8 Å². The summed E-state index contributed by atoms with van der Waals surface area (Å²) < 4.78 is 5.43. The molecule has 1 amide bonds. The van der Waals surface area contributed by atoms with Crippen molar-refractivity contribution in [2.45, 2.75) is 26.4 Å². The fraction of sp³-hybridized carbons (Fsp3) is 0.400. The molecule has 1 N–H and O–H groups in total. The molecule has 132 valence electrons. The molecule has 1 aromatic heterocycles. The Labute approximate surface area is 149 Å². The van der Waals surface area contributed by atoms with Crippen molar-refractivity contribution < 1.29 is 9.53 Å². The van der Waals surface area contributed by atoms with E-state index >= 15 is 0 Å². The molecule has 1 aromatic carbocycles. The lowest BCUT2D eigenvalue weighted by molar-refractivity contribution is -0.128. The van der Waals surface area contributed by atoms with Gasteiger partial charge in [0.25, 0.3) is 0 Å². The summed E-state index contributed by atoms with van der Waals surface area (Å²) in [5, 5.41) is 3.11. The van der Waals surface area contributed by atoms with Crippen molar-refractivity contribution in [2.24, 2.45) is 0 Å². The van der Waals surface area contributed by atoms with Gasteiger partial charge in [0.05, 0.1) is 13.2 Å². The van der Waals surface area contributed by atoms with Gasteiger partial charge >= 0.3 is 0 Å². The third-order valence-corrected chi connectivity index (χ3v) is 4.62. The number of morpholine rings is 1. The Morgan fingerprint density at radius 3 is 2.80 bits per heavy atom. The Balaban J connectivity index is 1.76. The average molecular weight is 339 g/mol. The minimum absolute atomic E-state index is 0.0100. The normalized spacial score (nSPS) is 16.4. The zero-order chi connectivity index (χ0) is 17.6. The smallest absolute Gasteiger partial charge is 0.242 e. The van der Waals surface area contributed by atoms with Gasteiger partial charge in [0.1, 0.15) is 6.04 Å². The molecule has 25 heavy (non-hydrogen) atoms. The number of carbonyl (C=O) groups excluding carboxylic acids is 1. The minimum atomic E-state index is -0.331. The Morgan fingerprint density at radius 1 is 1.28 bits per heavy atom. The van der Waals surface area contributed by atoms with Crippen molar-refractivity contribution in [3.8, 4) is 0 Å². The first kappa shape index (κ1) is 17.6. The molecule has 0 bridgehead atoms. The first-order chi connectivity index (χ1) is 12.1. The lowest BCUT2D eigenvalue weighted by Crippen LogP contribution is -2.45. The molecule has 2 aromatic rings. The number of nitrogens with one attached hydrogen (secondary N) is 1. The minimum Gasteiger partial charge on any atom is -0.379 e. The van der Waals surface area contributed by atoms with Crippen LogP contribution in [-0.4, -0.2) is 42.1 Å². The van der Waals surface area contributed by atoms with E-state index in [-0.39, 0.29) is 11.9 Å². The summed E-state index contributed by atoms with van der Waals surface area (Å²) in [4.78, 5) is 19.3. The van der Waals surface area contributed by atoms with Gasteiger partial charge in [-0.05, 0) is 36.6 Å². The highest BCUT2D eigenvalue weighted by atomic mass is 16.5. The number of rotatable bonds is 5. The number of carbonyl (C=O) groups is 1. The number of nitrogens with zero attached hydrogens (tertiary/aromatic N) is 2. The fourth-order valence-corrected chi connectivity index (χ4v) is 3.17. The van der Waals surface area contributed by atoms with Crippen molar-refractivity contribution in [2.75, 3.05) is 26.3 Å². The third kappa shape index (κ3) is 4.44. The molecule has 0 spiro atoms. The third-order valence-electron chi connectivity index (χ3n) is 4.62. The number of aryl methyl sites for hydroxylation is 2. The first-order valence-corrected chi connectivity index (χ1v) is 8.71. The summed E-state index contributed by atoms with van der Waals surface area (Å²) in [7, 11) is 0. The van der Waals surface area contributed by atoms with Crippen molar-refractivity contribution in [1.29, 1.82) is 0 Å². The van der Waals surface area contributed by atoms with Crippen LogP contribution in [0.1, 0.15) is 28.3 Å². The number of benzene rings is 1. The number of hydrogen-bond acceptors (Lipinski definition) is 4. The maximum atomic E-state index is 13.0. The number of pyridine rings is 1. The average Bonchev–Trinajstić information content (AvgIpc) is 2.64. The second-order valence-corrected chi connectivity index (χ2v) is 6.48. The van der Waals surface area contributed by atoms with E-state index in [4.69, 9.17) is 4.74 Å². The fourth-order valence-electron chi connectivity index (χ4n) is 3.17. The number of hydrogen-bond donors (Lipinski definition) is 1. The molecule has 1 saturated heterocycles. The van der Waals surface area contributed by atoms with Crippen LogP contribution in [0, 0.1) is 13.8 Å². The van der Waals surface area contributed by atoms with Crippen LogP contribution in [0.3, 0.4) is 0 Å². The number of aromatic nitrogens is 1. The summed E-state index contributed by atoms with van der Waals surface area (Å²) in [6.07, 6.45) is 3.51. The van der Waals surface area contributed by atoms with Gasteiger partial charge in [0.15, 0.2) is 0 Å². The van der Waals surface area contributed by atoms with Crippen LogP contribution >= 0.6 is 0 Å². The SMILES string of the molecule is Cc1ccc(C)c(CNC(=O)[C@H](c2cccnc2)N2CCOCC2)c1. The second-order valence-electron chi connectivity index (χ2n) is 6.48. The van der Waals surface area contributed by atoms with Gasteiger partial charge in [0, 0.05) is 32.0 Å². The lowest BCUT2D eigenvalue weighted by atomic mass is 10.0. The summed E-state index contributed by atoms with van der Waals surface area (Å²) in [5.74, 6) is 0.0100. The zero-order valence-corrected chi connectivity index (χ0v) is 14.9. The predicted molar refractivity (Wildman–Crippen MR) is 97.1 cm³/mol. The topological polar surface area (TPSA) is 54.5 Å². The largest absolute Gasteiger partial charge is 0.379 e. The number of ether oxygens (including phenoxy) is 1. The molecule has 2 heterocycles. The van der Waals surface area contributed by atoms with E-state index in [0.717, 1.165) is 24.2 Å².